The van der Waals surface area contributed by atoms with Crippen LogP contribution in [0.3, 0.4) is 0 Å². The van der Waals surface area contributed by atoms with Gasteiger partial charge in [0.05, 0.1) is 16.6 Å². The number of piperidine rings is 1. The van der Waals surface area contributed by atoms with Gasteiger partial charge in [0.15, 0.2) is 0 Å². The molecule has 1 amide bonds. The Morgan fingerprint density at radius 3 is 2.35 bits per heavy atom. The molecule has 34 heavy (non-hydrogen) atoms. The van der Waals surface area contributed by atoms with E-state index in [-0.39, 0.29) is 17.6 Å². The molecule has 3 aromatic carbocycles. The first-order valence-electron chi connectivity index (χ1n) is 11.6. The van der Waals surface area contributed by atoms with Crippen LogP contribution >= 0.6 is 0 Å². The highest BCUT2D eigenvalue weighted by Gasteiger charge is 2.27. The van der Waals surface area contributed by atoms with Gasteiger partial charge in [0.1, 0.15) is 24.7 Å². The molecule has 174 valence electrons. The largest absolute Gasteiger partial charge is 0.490 e. The first-order chi connectivity index (χ1) is 16.7. The summed E-state index contributed by atoms with van der Waals surface area (Å²) in [6.45, 7) is 1.89. The van der Waals surface area contributed by atoms with Gasteiger partial charge in [-0.2, -0.15) is 0 Å². The standard InChI is InChI=1S/C27H27N3O4/c31-26(22-10-4-7-13-25(22)34-19-18-33-21-8-2-1-3-9-21)29-16-14-20(15-17-29)30-24-12-6-5-11-23(24)28-27(30)32/h1-13,20H,14-19H2,(H,28,32). The third kappa shape index (κ3) is 4.55. The number of benzene rings is 3. The van der Waals surface area contributed by atoms with Crippen molar-refractivity contribution in [1.82, 2.24) is 14.5 Å². The van der Waals surface area contributed by atoms with Gasteiger partial charge in [-0.05, 0) is 49.2 Å². The van der Waals surface area contributed by atoms with Crippen LogP contribution in [0.15, 0.2) is 83.7 Å². The van der Waals surface area contributed by atoms with Gasteiger partial charge in [-0.25, -0.2) is 4.79 Å². The number of hydrogen-bond donors (Lipinski definition) is 1. The number of carbonyl (C=O) groups excluding carboxylic acids is 1. The lowest BCUT2D eigenvalue weighted by atomic mass is 10.0. The van der Waals surface area contributed by atoms with Gasteiger partial charge in [-0.1, -0.05) is 42.5 Å². The number of aromatic nitrogens is 2. The zero-order valence-corrected chi connectivity index (χ0v) is 18.9. The Balaban J connectivity index is 1.21. The number of aromatic amines is 1. The molecule has 5 rings (SSSR count). The van der Waals surface area contributed by atoms with Gasteiger partial charge >= 0.3 is 5.69 Å². The number of likely N-dealkylation sites (tertiary alicyclic amines) is 1. The van der Waals surface area contributed by atoms with E-state index < -0.39 is 0 Å². The molecule has 1 fully saturated rings. The minimum atomic E-state index is -0.0950. The smallest absolute Gasteiger partial charge is 0.326 e. The van der Waals surface area contributed by atoms with Crippen LogP contribution in [-0.4, -0.2) is 46.7 Å². The number of para-hydroxylation sites is 4. The Bertz CT molecular complexity index is 1320. The van der Waals surface area contributed by atoms with Crippen LogP contribution in [-0.2, 0) is 0 Å². The molecular weight excluding hydrogens is 430 g/mol. The van der Waals surface area contributed by atoms with E-state index >= 15 is 0 Å². The summed E-state index contributed by atoms with van der Waals surface area (Å²) in [6.07, 6.45) is 1.45. The van der Waals surface area contributed by atoms with Crippen LogP contribution in [0.5, 0.6) is 11.5 Å². The second-order valence-electron chi connectivity index (χ2n) is 8.35. The number of fused-ring (bicyclic) bond motifs is 1. The molecule has 2 heterocycles. The molecule has 0 atom stereocenters. The molecule has 0 bridgehead atoms. The number of hydrogen-bond acceptors (Lipinski definition) is 4. The summed E-state index contributed by atoms with van der Waals surface area (Å²) in [7, 11) is 0. The van der Waals surface area contributed by atoms with Crippen molar-refractivity contribution in [3.05, 3.63) is 94.9 Å². The van der Waals surface area contributed by atoms with E-state index in [1.807, 2.05) is 82.3 Å². The van der Waals surface area contributed by atoms with Crippen LogP contribution in [0, 0.1) is 0 Å². The molecule has 1 saturated heterocycles. The molecule has 0 spiro atoms. The van der Waals surface area contributed by atoms with Crippen molar-refractivity contribution in [2.45, 2.75) is 18.9 Å². The predicted molar refractivity (Wildman–Crippen MR) is 131 cm³/mol. The van der Waals surface area contributed by atoms with Crippen LogP contribution in [0.2, 0.25) is 0 Å². The summed E-state index contributed by atoms with van der Waals surface area (Å²) in [5.41, 5.74) is 2.20. The SMILES string of the molecule is O=C(c1ccccc1OCCOc1ccccc1)N1CCC(n2c(=O)[nH]c3ccccc32)CC1. The highest BCUT2D eigenvalue weighted by Crippen LogP contribution is 2.27. The highest BCUT2D eigenvalue weighted by atomic mass is 16.5. The number of carbonyl (C=O) groups is 1. The van der Waals surface area contributed by atoms with Crippen molar-refractivity contribution in [3.63, 3.8) is 0 Å². The van der Waals surface area contributed by atoms with Gasteiger partial charge in [0.2, 0.25) is 0 Å². The lowest BCUT2D eigenvalue weighted by Gasteiger charge is -2.33. The zero-order valence-electron chi connectivity index (χ0n) is 18.9. The van der Waals surface area contributed by atoms with E-state index in [2.05, 4.69) is 4.98 Å². The molecule has 7 heteroatoms. The Morgan fingerprint density at radius 2 is 1.53 bits per heavy atom. The molecule has 0 unspecified atom stereocenters. The van der Waals surface area contributed by atoms with E-state index in [1.54, 1.807) is 6.07 Å². The van der Waals surface area contributed by atoms with E-state index in [9.17, 15) is 9.59 Å². The molecular formula is C27H27N3O4. The van der Waals surface area contributed by atoms with Crippen LogP contribution in [0.25, 0.3) is 11.0 Å². The van der Waals surface area contributed by atoms with Crippen molar-refractivity contribution in [1.29, 1.82) is 0 Å². The van der Waals surface area contributed by atoms with Crippen LogP contribution in [0.4, 0.5) is 0 Å². The lowest BCUT2D eigenvalue weighted by Crippen LogP contribution is -2.40. The summed E-state index contributed by atoms with van der Waals surface area (Å²) in [5.74, 6) is 1.29. The van der Waals surface area contributed by atoms with Crippen molar-refractivity contribution in [2.75, 3.05) is 26.3 Å². The molecule has 0 aliphatic carbocycles. The number of nitrogens with one attached hydrogen (secondary N) is 1. The first kappa shape index (κ1) is 21.8. The number of imidazole rings is 1. The summed E-state index contributed by atoms with van der Waals surface area (Å²) in [5, 5.41) is 0. The second kappa shape index (κ2) is 9.87. The van der Waals surface area contributed by atoms with E-state index in [0.29, 0.717) is 37.6 Å². The number of H-pyrrole nitrogens is 1. The topological polar surface area (TPSA) is 76.6 Å². The monoisotopic (exact) mass is 457 g/mol. The van der Waals surface area contributed by atoms with Crippen molar-refractivity contribution < 1.29 is 14.3 Å². The molecule has 1 N–H and O–H groups in total. The van der Waals surface area contributed by atoms with E-state index in [0.717, 1.165) is 29.6 Å². The fourth-order valence-corrected chi connectivity index (χ4v) is 4.53. The molecule has 0 radical (unpaired) electrons. The minimum absolute atomic E-state index is 0.0516. The maximum Gasteiger partial charge on any atom is 0.326 e. The summed E-state index contributed by atoms with van der Waals surface area (Å²) >= 11 is 0. The Kier molecular flexibility index (Phi) is 6.33. The molecule has 7 nitrogen and oxygen atoms in total. The number of amides is 1. The molecule has 4 aromatic rings. The molecule has 1 aliphatic heterocycles. The van der Waals surface area contributed by atoms with Crippen molar-refractivity contribution >= 4 is 16.9 Å². The maximum absolute atomic E-state index is 13.3. The Morgan fingerprint density at radius 1 is 0.853 bits per heavy atom. The van der Waals surface area contributed by atoms with Crippen molar-refractivity contribution in [3.8, 4) is 11.5 Å². The number of rotatable bonds is 7. The van der Waals surface area contributed by atoms with Gasteiger partial charge in [-0.3, -0.25) is 9.36 Å². The minimum Gasteiger partial charge on any atom is -0.490 e. The average Bonchev–Trinajstić information content (AvgIpc) is 3.23. The average molecular weight is 458 g/mol. The Labute approximate surface area is 197 Å². The first-order valence-corrected chi connectivity index (χ1v) is 11.6. The summed E-state index contributed by atoms with van der Waals surface area (Å²) < 4.78 is 13.4. The number of ether oxygens (including phenoxy) is 2. The highest BCUT2D eigenvalue weighted by molar-refractivity contribution is 5.97. The molecule has 1 aromatic heterocycles. The fourth-order valence-electron chi connectivity index (χ4n) is 4.53. The second-order valence-corrected chi connectivity index (χ2v) is 8.35. The van der Waals surface area contributed by atoms with Gasteiger partial charge in [0, 0.05) is 19.1 Å². The quantitative estimate of drug-likeness (QED) is 0.421. The summed E-state index contributed by atoms with van der Waals surface area (Å²) in [4.78, 5) is 30.6. The van der Waals surface area contributed by atoms with Gasteiger partial charge in [0.25, 0.3) is 5.91 Å². The third-order valence-corrected chi connectivity index (χ3v) is 6.21. The van der Waals surface area contributed by atoms with E-state index in [4.69, 9.17) is 9.47 Å². The van der Waals surface area contributed by atoms with Crippen molar-refractivity contribution in [2.24, 2.45) is 0 Å². The zero-order chi connectivity index (χ0) is 23.3. The van der Waals surface area contributed by atoms with Gasteiger partial charge < -0.3 is 19.4 Å². The van der Waals surface area contributed by atoms with E-state index in [1.165, 1.54) is 0 Å². The van der Waals surface area contributed by atoms with Crippen LogP contribution in [0.1, 0.15) is 29.2 Å². The normalized spacial score (nSPS) is 14.3. The predicted octanol–water partition coefficient (Wildman–Crippen LogP) is 4.26. The van der Waals surface area contributed by atoms with Gasteiger partial charge in [-0.15, -0.1) is 0 Å². The summed E-state index contributed by atoms with van der Waals surface area (Å²) in [6, 6.07) is 24.7. The maximum atomic E-state index is 13.3. The fraction of sp³-hybridized carbons (Fsp3) is 0.259. The van der Waals surface area contributed by atoms with Crippen LogP contribution < -0.4 is 15.2 Å². The number of nitrogens with zero attached hydrogens (tertiary/aromatic N) is 2. The molecule has 1 aliphatic rings. The lowest BCUT2D eigenvalue weighted by molar-refractivity contribution is 0.0689. The Hall–Kier alpha value is -4.00. The molecule has 0 saturated carbocycles. The third-order valence-electron chi connectivity index (χ3n) is 6.21.